The second-order valence-corrected chi connectivity index (χ2v) is 4.54. The molecule has 5 heteroatoms. The molecule has 2 heterocycles. The minimum absolute atomic E-state index is 0.264. The zero-order chi connectivity index (χ0) is 12.4. The molecule has 1 aromatic carbocycles. The Balaban J connectivity index is 1.75. The smallest absolute Gasteiger partial charge is 0.231 e. The lowest BCUT2D eigenvalue weighted by Gasteiger charge is -2.00. The lowest BCUT2D eigenvalue weighted by molar-refractivity contribution is 0.374. The Morgan fingerprint density at radius 2 is 2.28 bits per heavy atom. The van der Waals surface area contributed by atoms with Crippen molar-refractivity contribution in [3.63, 3.8) is 0 Å². The Morgan fingerprint density at radius 1 is 1.39 bits per heavy atom. The van der Waals surface area contributed by atoms with E-state index in [1.807, 2.05) is 12.1 Å². The monoisotopic (exact) mass is 245 g/mol. The van der Waals surface area contributed by atoms with Gasteiger partial charge in [0.1, 0.15) is 5.75 Å². The first-order valence-electron chi connectivity index (χ1n) is 6.13. The van der Waals surface area contributed by atoms with Gasteiger partial charge in [0.25, 0.3) is 0 Å². The fourth-order valence-corrected chi connectivity index (χ4v) is 2.20. The van der Waals surface area contributed by atoms with Crippen LogP contribution < -0.4 is 5.32 Å². The highest BCUT2D eigenvalue weighted by atomic mass is 16.5. The van der Waals surface area contributed by atoms with Gasteiger partial charge in [-0.25, -0.2) is 0 Å². The van der Waals surface area contributed by atoms with Gasteiger partial charge >= 0.3 is 0 Å². The summed E-state index contributed by atoms with van der Waals surface area (Å²) in [5.41, 5.74) is 0.803. The second kappa shape index (κ2) is 4.78. The van der Waals surface area contributed by atoms with Gasteiger partial charge in [0.2, 0.25) is 5.89 Å². The maximum absolute atomic E-state index is 9.69. The number of hydrogen-bond acceptors (Lipinski definition) is 5. The van der Waals surface area contributed by atoms with Crippen LogP contribution in [0.4, 0.5) is 0 Å². The molecule has 0 amide bonds. The van der Waals surface area contributed by atoms with E-state index in [1.54, 1.807) is 12.1 Å². The van der Waals surface area contributed by atoms with Crippen LogP contribution in [0.25, 0.3) is 0 Å². The molecule has 1 aromatic heterocycles. The molecule has 0 spiro atoms. The summed E-state index contributed by atoms with van der Waals surface area (Å²) in [5.74, 6) is 1.94. The number of rotatable bonds is 3. The first-order chi connectivity index (χ1) is 8.83. The van der Waals surface area contributed by atoms with Gasteiger partial charge in [-0.2, -0.15) is 4.98 Å². The van der Waals surface area contributed by atoms with Crippen LogP contribution in [0.2, 0.25) is 0 Å². The highest BCUT2D eigenvalue weighted by Crippen LogP contribution is 2.22. The lowest BCUT2D eigenvalue weighted by Crippen LogP contribution is -2.08. The molecule has 0 bridgehead atoms. The molecule has 1 aliphatic heterocycles. The lowest BCUT2D eigenvalue weighted by atomic mass is 10.1. The third-order valence-electron chi connectivity index (χ3n) is 3.24. The Bertz CT molecular complexity index is 533. The molecular formula is C13H15N3O2. The largest absolute Gasteiger partial charge is 0.508 e. The highest BCUT2D eigenvalue weighted by molar-refractivity contribution is 5.33. The molecule has 3 rings (SSSR count). The Hall–Kier alpha value is -1.88. The maximum Gasteiger partial charge on any atom is 0.231 e. The number of phenols is 1. The molecule has 2 N–H and O–H groups in total. The number of benzene rings is 1. The van der Waals surface area contributed by atoms with Crippen LogP contribution in [-0.4, -0.2) is 28.3 Å². The number of phenolic OH excluding ortho intramolecular Hbond substituents is 1. The summed E-state index contributed by atoms with van der Waals surface area (Å²) >= 11 is 0. The molecular weight excluding hydrogens is 230 g/mol. The van der Waals surface area contributed by atoms with Gasteiger partial charge in [0.05, 0.1) is 6.42 Å². The molecule has 18 heavy (non-hydrogen) atoms. The quantitative estimate of drug-likeness (QED) is 0.856. The summed E-state index contributed by atoms with van der Waals surface area (Å²) in [5, 5.41) is 17.0. The molecule has 0 aliphatic carbocycles. The molecule has 5 nitrogen and oxygen atoms in total. The van der Waals surface area contributed by atoms with Gasteiger partial charge in [0.15, 0.2) is 5.82 Å². The number of nitrogens with zero attached hydrogens (tertiary/aromatic N) is 2. The average Bonchev–Trinajstić information content (AvgIpc) is 3.02. The number of aromatic nitrogens is 2. The zero-order valence-corrected chi connectivity index (χ0v) is 9.97. The van der Waals surface area contributed by atoms with Crippen LogP contribution in [0.3, 0.4) is 0 Å². The molecule has 0 saturated carbocycles. The summed E-state index contributed by atoms with van der Waals surface area (Å²) in [6.07, 6.45) is 1.52. The van der Waals surface area contributed by atoms with Crippen molar-refractivity contribution in [2.45, 2.75) is 18.8 Å². The van der Waals surface area contributed by atoms with Crippen molar-refractivity contribution < 1.29 is 9.63 Å². The molecule has 1 atom stereocenters. The summed E-state index contributed by atoms with van der Waals surface area (Å²) in [6.45, 7) is 1.92. The van der Waals surface area contributed by atoms with Gasteiger partial charge in [0, 0.05) is 18.0 Å². The number of hydrogen-bond donors (Lipinski definition) is 2. The van der Waals surface area contributed by atoms with Crippen molar-refractivity contribution in [2.24, 2.45) is 0 Å². The zero-order valence-electron chi connectivity index (χ0n) is 9.97. The molecule has 1 fully saturated rings. The SMILES string of the molecule is Oc1ccccc1Cc1nc(C2CCNC2)no1. The normalized spacial score (nSPS) is 19.2. The summed E-state index contributed by atoms with van der Waals surface area (Å²) in [7, 11) is 0. The van der Waals surface area contributed by atoms with E-state index in [-0.39, 0.29) is 5.75 Å². The molecule has 94 valence electrons. The number of aromatic hydroxyl groups is 1. The molecule has 1 unspecified atom stereocenters. The van der Waals surface area contributed by atoms with E-state index in [0.717, 1.165) is 30.9 Å². The fraction of sp³-hybridized carbons (Fsp3) is 0.385. The van der Waals surface area contributed by atoms with Crippen molar-refractivity contribution in [1.29, 1.82) is 0 Å². The van der Waals surface area contributed by atoms with Crippen LogP contribution >= 0.6 is 0 Å². The average molecular weight is 245 g/mol. The van der Waals surface area contributed by atoms with Gasteiger partial charge in [-0.3, -0.25) is 0 Å². The van der Waals surface area contributed by atoms with Crippen LogP contribution in [0, 0.1) is 0 Å². The summed E-state index contributed by atoms with van der Waals surface area (Å²) in [6, 6.07) is 7.19. The van der Waals surface area contributed by atoms with E-state index in [0.29, 0.717) is 18.2 Å². The maximum atomic E-state index is 9.69. The minimum Gasteiger partial charge on any atom is -0.508 e. The van der Waals surface area contributed by atoms with E-state index in [4.69, 9.17) is 4.52 Å². The first kappa shape index (κ1) is 11.2. The summed E-state index contributed by atoms with van der Waals surface area (Å²) < 4.78 is 5.24. The van der Waals surface area contributed by atoms with Crippen molar-refractivity contribution in [1.82, 2.24) is 15.5 Å². The van der Waals surface area contributed by atoms with E-state index >= 15 is 0 Å². The minimum atomic E-state index is 0.264. The predicted octanol–water partition coefficient (Wildman–Crippen LogP) is 1.44. The fourth-order valence-electron chi connectivity index (χ4n) is 2.20. The molecule has 1 saturated heterocycles. The molecule has 0 radical (unpaired) electrons. The van der Waals surface area contributed by atoms with Crippen LogP contribution in [0.5, 0.6) is 5.75 Å². The van der Waals surface area contributed by atoms with Crippen molar-refractivity contribution in [3.8, 4) is 5.75 Å². The Morgan fingerprint density at radius 3 is 3.06 bits per heavy atom. The van der Waals surface area contributed by atoms with Gasteiger partial charge in [-0.1, -0.05) is 23.4 Å². The van der Waals surface area contributed by atoms with Crippen LogP contribution in [0.15, 0.2) is 28.8 Å². The van der Waals surface area contributed by atoms with E-state index < -0.39 is 0 Å². The predicted molar refractivity (Wildman–Crippen MR) is 65.4 cm³/mol. The van der Waals surface area contributed by atoms with Gasteiger partial charge in [-0.15, -0.1) is 0 Å². The van der Waals surface area contributed by atoms with Gasteiger partial charge in [-0.05, 0) is 19.0 Å². The third-order valence-corrected chi connectivity index (χ3v) is 3.24. The van der Waals surface area contributed by atoms with E-state index in [1.165, 1.54) is 0 Å². The first-order valence-corrected chi connectivity index (χ1v) is 6.13. The van der Waals surface area contributed by atoms with Crippen LogP contribution in [-0.2, 0) is 6.42 Å². The highest BCUT2D eigenvalue weighted by Gasteiger charge is 2.22. The van der Waals surface area contributed by atoms with E-state index in [9.17, 15) is 5.11 Å². The number of nitrogens with one attached hydrogen (secondary N) is 1. The van der Waals surface area contributed by atoms with Crippen molar-refractivity contribution in [3.05, 3.63) is 41.5 Å². The second-order valence-electron chi connectivity index (χ2n) is 4.54. The van der Waals surface area contributed by atoms with E-state index in [2.05, 4.69) is 15.5 Å². The topological polar surface area (TPSA) is 71.2 Å². The Labute approximate surface area is 105 Å². The number of para-hydroxylation sites is 1. The Kier molecular flexibility index (Phi) is 2.98. The van der Waals surface area contributed by atoms with Crippen molar-refractivity contribution in [2.75, 3.05) is 13.1 Å². The van der Waals surface area contributed by atoms with Crippen molar-refractivity contribution >= 4 is 0 Å². The third kappa shape index (κ3) is 2.22. The summed E-state index contributed by atoms with van der Waals surface area (Å²) in [4.78, 5) is 4.40. The standard InChI is InChI=1S/C13H15N3O2/c17-11-4-2-1-3-9(11)7-12-15-13(16-18-12)10-5-6-14-8-10/h1-4,10,14,17H,5-8H2. The molecule has 2 aromatic rings. The molecule has 1 aliphatic rings. The van der Waals surface area contributed by atoms with Gasteiger partial charge < -0.3 is 14.9 Å². The van der Waals surface area contributed by atoms with Crippen LogP contribution in [0.1, 0.15) is 29.6 Å².